The van der Waals surface area contributed by atoms with Crippen LogP contribution in [0.2, 0.25) is 0 Å². The van der Waals surface area contributed by atoms with Crippen molar-refractivity contribution in [1.82, 2.24) is 0 Å². The van der Waals surface area contributed by atoms with Crippen LogP contribution in [0.25, 0.3) is 44.5 Å². The Balaban J connectivity index is 1.11. The lowest BCUT2D eigenvalue weighted by molar-refractivity contribution is 0.660. The summed E-state index contributed by atoms with van der Waals surface area (Å²) in [6, 6.07) is 60.4. The maximum absolute atomic E-state index is 2.40. The number of fused-ring (bicyclic) bond motifs is 6. The van der Waals surface area contributed by atoms with Gasteiger partial charge in [-0.05, 0) is 109 Å². The molecule has 1 heteroatoms. The largest absolute Gasteiger partial charge is 0.310 e. The molecule has 7 aromatic carbocycles. The quantitative estimate of drug-likeness (QED) is 0.183. The maximum Gasteiger partial charge on any atom is 0.0467 e. The first-order valence-electron chi connectivity index (χ1n) is 17.4. The van der Waals surface area contributed by atoms with Crippen molar-refractivity contribution in [3.63, 3.8) is 0 Å². The zero-order valence-electron chi connectivity index (χ0n) is 28.5. The number of hydrogen-bond acceptors (Lipinski definition) is 1. The Labute approximate surface area is 290 Å². The fourth-order valence-electron chi connectivity index (χ4n) is 8.61. The molecule has 236 valence electrons. The van der Waals surface area contributed by atoms with Crippen molar-refractivity contribution < 1.29 is 0 Å². The zero-order chi connectivity index (χ0) is 33.3. The topological polar surface area (TPSA) is 3.24 Å². The first-order valence-corrected chi connectivity index (χ1v) is 17.4. The molecule has 2 aliphatic rings. The van der Waals surface area contributed by atoms with Gasteiger partial charge < -0.3 is 4.90 Å². The number of rotatable bonds is 5. The van der Waals surface area contributed by atoms with E-state index in [1.165, 1.54) is 66.8 Å². The molecule has 0 unspecified atom stereocenters. The summed E-state index contributed by atoms with van der Waals surface area (Å²) in [6.45, 7) is 9.42. The summed E-state index contributed by atoms with van der Waals surface area (Å²) in [5, 5.41) is 0. The molecule has 0 saturated heterocycles. The SMILES string of the molecule is CC1(C)c2ccccc2-c2ccc(-c3ccc(N(c4ccccc4)c4cccc(-c5cccc6c5C(C)(C)c5ccccc5-6)c4)cc3)cc21. The summed E-state index contributed by atoms with van der Waals surface area (Å²) in [5.41, 5.74) is 19.3. The summed E-state index contributed by atoms with van der Waals surface area (Å²) in [4.78, 5) is 2.37. The molecular formula is C48H39N. The number of para-hydroxylation sites is 1. The van der Waals surface area contributed by atoms with E-state index < -0.39 is 0 Å². The van der Waals surface area contributed by atoms with Gasteiger partial charge in [-0.15, -0.1) is 0 Å². The van der Waals surface area contributed by atoms with Crippen LogP contribution in [-0.2, 0) is 10.8 Å². The predicted molar refractivity (Wildman–Crippen MR) is 207 cm³/mol. The molecule has 9 rings (SSSR count). The van der Waals surface area contributed by atoms with Crippen LogP contribution in [0, 0.1) is 0 Å². The molecule has 0 bridgehead atoms. The number of anilines is 3. The van der Waals surface area contributed by atoms with Gasteiger partial charge in [0.15, 0.2) is 0 Å². The molecule has 7 aromatic rings. The Hall–Kier alpha value is -5.66. The van der Waals surface area contributed by atoms with E-state index in [1.54, 1.807) is 0 Å². The molecule has 0 atom stereocenters. The molecule has 0 N–H and O–H groups in total. The molecular weight excluding hydrogens is 591 g/mol. The summed E-state index contributed by atoms with van der Waals surface area (Å²) in [6.07, 6.45) is 0. The molecule has 1 nitrogen and oxygen atoms in total. The van der Waals surface area contributed by atoms with Crippen molar-refractivity contribution in [3.8, 4) is 44.5 Å². The van der Waals surface area contributed by atoms with E-state index >= 15 is 0 Å². The van der Waals surface area contributed by atoms with Crippen LogP contribution in [0.5, 0.6) is 0 Å². The molecule has 0 amide bonds. The minimum atomic E-state index is -0.0803. The van der Waals surface area contributed by atoms with E-state index in [4.69, 9.17) is 0 Å². The fourth-order valence-corrected chi connectivity index (χ4v) is 8.61. The third-order valence-corrected chi connectivity index (χ3v) is 11.1. The van der Waals surface area contributed by atoms with Crippen LogP contribution in [0.1, 0.15) is 49.9 Å². The molecule has 2 aliphatic carbocycles. The van der Waals surface area contributed by atoms with Gasteiger partial charge in [0.2, 0.25) is 0 Å². The Kier molecular flexibility index (Phi) is 6.58. The third-order valence-electron chi connectivity index (χ3n) is 11.1. The van der Waals surface area contributed by atoms with E-state index in [0.717, 1.165) is 17.1 Å². The third kappa shape index (κ3) is 4.53. The standard InChI is InChI=1S/C48H39N/c1-47(2)43-22-10-8-18-39(43)41-29-26-33(31-45(41)47)32-24-27-36(28-25-32)49(35-15-6-5-7-16-35)37-17-12-14-34(30-37)38-20-13-21-42-40-19-9-11-23-44(40)48(3,4)46(38)42/h5-31H,1-4H3. The average Bonchev–Trinajstić information content (AvgIpc) is 3.52. The minimum absolute atomic E-state index is 0.0200. The smallest absolute Gasteiger partial charge is 0.0467 e. The highest BCUT2D eigenvalue weighted by Gasteiger charge is 2.37. The molecule has 0 aromatic heterocycles. The second-order valence-electron chi connectivity index (χ2n) is 14.6. The first kappa shape index (κ1) is 29.5. The maximum atomic E-state index is 2.40. The Bertz CT molecular complexity index is 2380. The van der Waals surface area contributed by atoms with Crippen LogP contribution in [-0.4, -0.2) is 0 Å². The lowest BCUT2D eigenvalue weighted by Crippen LogP contribution is -2.16. The first-order chi connectivity index (χ1) is 23.8. The summed E-state index contributed by atoms with van der Waals surface area (Å²) in [7, 11) is 0. The highest BCUT2D eigenvalue weighted by Crippen LogP contribution is 2.53. The average molecular weight is 630 g/mol. The van der Waals surface area contributed by atoms with E-state index in [0.29, 0.717) is 0 Å². The summed E-state index contributed by atoms with van der Waals surface area (Å²) < 4.78 is 0. The number of benzene rings is 7. The molecule has 49 heavy (non-hydrogen) atoms. The van der Waals surface area contributed by atoms with Gasteiger partial charge in [0.25, 0.3) is 0 Å². The van der Waals surface area contributed by atoms with Crippen LogP contribution < -0.4 is 4.90 Å². The van der Waals surface area contributed by atoms with Gasteiger partial charge in [0, 0.05) is 27.9 Å². The van der Waals surface area contributed by atoms with Gasteiger partial charge in [-0.1, -0.05) is 149 Å². The molecule has 0 aliphatic heterocycles. The Morgan fingerprint density at radius 2 is 0.857 bits per heavy atom. The fraction of sp³-hybridized carbons (Fsp3) is 0.125. The van der Waals surface area contributed by atoms with E-state index in [-0.39, 0.29) is 10.8 Å². The zero-order valence-corrected chi connectivity index (χ0v) is 28.5. The van der Waals surface area contributed by atoms with Crippen molar-refractivity contribution in [2.75, 3.05) is 4.90 Å². The number of nitrogens with zero attached hydrogens (tertiary/aromatic N) is 1. The van der Waals surface area contributed by atoms with Crippen LogP contribution in [0.3, 0.4) is 0 Å². The van der Waals surface area contributed by atoms with Crippen LogP contribution >= 0.6 is 0 Å². The molecule has 0 spiro atoms. The monoisotopic (exact) mass is 629 g/mol. The predicted octanol–water partition coefficient (Wildman–Crippen LogP) is 13.1. The summed E-state index contributed by atoms with van der Waals surface area (Å²) >= 11 is 0. The normalized spacial score (nSPS) is 14.4. The van der Waals surface area contributed by atoms with Crippen LogP contribution in [0.15, 0.2) is 164 Å². The van der Waals surface area contributed by atoms with Crippen molar-refractivity contribution in [3.05, 3.63) is 186 Å². The molecule has 0 fully saturated rings. The highest BCUT2D eigenvalue weighted by atomic mass is 15.1. The van der Waals surface area contributed by atoms with Crippen molar-refractivity contribution in [1.29, 1.82) is 0 Å². The minimum Gasteiger partial charge on any atom is -0.310 e. The van der Waals surface area contributed by atoms with Gasteiger partial charge >= 0.3 is 0 Å². The lowest BCUT2D eigenvalue weighted by atomic mass is 9.79. The highest BCUT2D eigenvalue weighted by molar-refractivity contribution is 5.90. The van der Waals surface area contributed by atoms with Crippen molar-refractivity contribution >= 4 is 17.1 Å². The van der Waals surface area contributed by atoms with Gasteiger partial charge in [-0.2, -0.15) is 0 Å². The molecule has 0 heterocycles. The molecule has 0 saturated carbocycles. The summed E-state index contributed by atoms with van der Waals surface area (Å²) in [5.74, 6) is 0. The molecule has 0 radical (unpaired) electrons. The van der Waals surface area contributed by atoms with E-state index in [2.05, 4.69) is 196 Å². The second-order valence-corrected chi connectivity index (χ2v) is 14.6. The Morgan fingerprint density at radius 1 is 0.327 bits per heavy atom. The van der Waals surface area contributed by atoms with Gasteiger partial charge in [-0.25, -0.2) is 0 Å². The lowest BCUT2D eigenvalue weighted by Gasteiger charge is -2.27. The van der Waals surface area contributed by atoms with Crippen molar-refractivity contribution in [2.24, 2.45) is 0 Å². The second kappa shape index (κ2) is 10.9. The van der Waals surface area contributed by atoms with Gasteiger partial charge in [0.05, 0.1) is 0 Å². The number of hydrogen-bond donors (Lipinski definition) is 0. The van der Waals surface area contributed by atoms with E-state index in [9.17, 15) is 0 Å². The van der Waals surface area contributed by atoms with Gasteiger partial charge in [-0.3, -0.25) is 0 Å². The van der Waals surface area contributed by atoms with Crippen LogP contribution in [0.4, 0.5) is 17.1 Å². The van der Waals surface area contributed by atoms with Gasteiger partial charge in [0.1, 0.15) is 0 Å². The van der Waals surface area contributed by atoms with Crippen molar-refractivity contribution in [2.45, 2.75) is 38.5 Å². The Morgan fingerprint density at radius 3 is 1.61 bits per heavy atom. The van der Waals surface area contributed by atoms with E-state index in [1.807, 2.05) is 0 Å².